The maximum atomic E-state index is 12.6. The molecule has 0 saturated carbocycles. The van der Waals surface area contributed by atoms with Crippen LogP contribution in [0.2, 0.25) is 5.02 Å². The summed E-state index contributed by atoms with van der Waals surface area (Å²) in [5.41, 5.74) is 5.72. The summed E-state index contributed by atoms with van der Waals surface area (Å²) >= 11 is 5.76. The molecule has 1 aromatic rings. The number of nitrogens with two attached hydrogens (primary N) is 1. The number of nitrogens with zero attached hydrogens (tertiary/aromatic N) is 1. The van der Waals surface area contributed by atoms with Gasteiger partial charge in [0.05, 0.1) is 10.9 Å². The van der Waals surface area contributed by atoms with E-state index in [-0.39, 0.29) is 29.3 Å². The van der Waals surface area contributed by atoms with Crippen LogP contribution in [0.3, 0.4) is 0 Å². The SMILES string of the molecule is CC(NS(=O)(=O)c1ccc(Cl)cc1)C(=O)N1CCCCC1CN.Cl. The molecule has 1 saturated heterocycles. The highest BCUT2D eigenvalue weighted by atomic mass is 35.5. The summed E-state index contributed by atoms with van der Waals surface area (Å²) < 4.78 is 27.1. The van der Waals surface area contributed by atoms with Crippen molar-refractivity contribution in [1.29, 1.82) is 0 Å². The van der Waals surface area contributed by atoms with Crippen LogP contribution >= 0.6 is 24.0 Å². The third kappa shape index (κ3) is 5.07. The number of likely N-dealkylation sites (tertiary alicyclic amines) is 1. The Kier molecular flexibility index (Phi) is 7.95. The number of amides is 1. The van der Waals surface area contributed by atoms with Gasteiger partial charge in [-0.15, -0.1) is 12.4 Å². The molecule has 0 spiro atoms. The first-order valence-electron chi connectivity index (χ1n) is 7.63. The molecule has 2 unspecified atom stereocenters. The van der Waals surface area contributed by atoms with Crippen molar-refractivity contribution in [2.75, 3.05) is 13.1 Å². The lowest BCUT2D eigenvalue weighted by Crippen LogP contribution is -2.54. The molecule has 6 nitrogen and oxygen atoms in total. The molecule has 1 heterocycles. The molecule has 1 fully saturated rings. The Balaban J connectivity index is 0.00000288. The van der Waals surface area contributed by atoms with E-state index < -0.39 is 16.1 Å². The van der Waals surface area contributed by atoms with Crippen LogP contribution in [0, 0.1) is 0 Å². The normalized spacial score (nSPS) is 19.5. The average molecular weight is 396 g/mol. The van der Waals surface area contributed by atoms with Gasteiger partial charge in [-0.2, -0.15) is 4.72 Å². The summed E-state index contributed by atoms with van der Waals surface area (Å²) in [6.45, 7) is 2.56. The predicted octanol–water partition coefficient (Wildman–Crippen LogP) is 1.77. The van der Waals surface area contributed by atoms with Gasteiger partial charge in [0.1, 0.15) is 0 Å². The fourth-order valence-electron chi connectivity index (χ4n) is 2.75. The zero-order chi connectivity index (χ0) is 17.0. The molecule has 0 bridgehead atoms. The van der Waals surface area contributed by atoms with Crippen molar-refractivity contribution in [3.63, 3.8) is 0 Å². The predicted molar refractivity (Wildman–Crippen MR) is 96.9 cm³/mol. The molecule has 9 heteroatoms. The Labute approximate surface area is 154 Å². The van der Waals surface area contributed by atoms with E-state index in [4.69, 9.17) is 17.3 Å². The van der Waals surface area contributed by atoms with Crippen molar-refractivity contribution in [1.82, 2.24) is 9.62 Å². The first-order chi connectivity index (χ1) is 10.8. The molecule has 2 atom stereocenters. The van der Waals surface area contributed by atoms with Crippen molar-refractivity contribution >= 4 is 39.9 Å². The number of sulfonamides is 1. The molecular weight excluding hydrogens is 373 g/mol. The molecule has 136 valence electrons. The van der Waals surface area contributed by atoms with Gasteiger partial charge in [0.2, 0.25) is 15.9 Å². The van der Waals surface area contributed by atoms with Crippen LogP contribution in [0.1, 0.15) is 26.2 Å². The number of hydrogen-bond donors (Lipinski definition) is 2. The van der Waals surface area contributed by atoms with Crippen LogP contribution in [-0.2, 0) is 14.8 Å². The molecular formula is C15H23Cl2N3O3S. The summed E-state index contributed by atoms with van der Waals surface area (Å²) in [5, 5.41) is 0.451. The summed E-state index contributed by atoms with van der Waals surface area (Å²) in [6.07, 6.45) is 2.81. The second-order valence-electron chi connectivity index (χ2n) is 5.71. The van der Waals surface area contributed by atoms with E-state index in [0.717, 1.165) is 19.3 Å². The molecule has 2 rings (SSSR count). The minimum atomic E-state index is -3.77. The lowest BCUT2D eigenvalue weighted by molar-refractivity contribution is -0.136. The topological polar surface area (TPSA) is 92.5 Å². The number of nitrogens with one attached hydrogen (secondary N) is 1. The van der Waals surface area contributed by atoms with E-state index in [1.807, 2.05) is 0 Å². The summed E-state index contributed by atoms with van der Waals surface area (Å²) in [5.74, 6) is -0.238. The van der Waals surface area contributed by atoms with Crippen LogP contribution in [0.5, 0.6) is 0 Å². The molecule has 1 aromatic carbocycles. The van der Waals surface area contributed by atoms with Crippen LogP contribution in [0.4, 0.5) is 0 Å². The maximum absolute atomic E-state index is 12.6. The van der Waals surface area contributed by atoms with Gasteiger partial charge in [-0.1, -0.05) is 11.6 Å². The smallest absolute Gasteiger partial charge is 0.241 e. The van der Waals surface area contributed by atoms with Crippen LogP contribution in [-0.4, -0.2) is 44.4 Å². The number of benzene rings is 1. The number of carbonyl (C=O) groups excluding carboxylic acids is 1. The Morgan fingerprint density at radius 1 is 1.38 bits per heavy atom. The van der Waals surface area contributed by atoms with E-state index >= 15 is 0 Å². The van der Waals surface area contributed by atoms with Gasteiger partial charge in [0.25, 0.3) is 0 Å². The second kappa shape index (κ2) is 9.01. The van der Waals surface area contributed by atoms with Crippen LogP contribution in [0.25, 0.3) is 0 Å². The van der Waals surface area contributed by atoms with Gasteiger partial charge in [0, 0.05) is 24.2 Å². The molecule has 0 aromatic heterocycles. The van der Waals surface area contributed by atoms with Crippen molar-refractivity contribution in [3.05, 3.63) is 29.3 Å². The Morgan fingerprint density at radius 3 is 2.58 bits per heavy atom. The van der Waals surface area contributed by atoms with Crippen LogP contribution in [0.15, 0.2) is 29.2 Å². The highest BCUT2D eigenvalue weighted by Crippen LogP contribution is 2.18. The Hall–Kier alpha value is -0.860. The van der Waals surface area contributed by atoms with Crippen molar-refractivity contribution < 1.29 is 13.2 Å². The first kappa shape index (κ1) is 21.2. The number of carbonyl (C=O) groups is 1. The number of piperidine rings is 1. The molecule has 3 N–H and O–H groups in total. The second-order valence-corrected chi connectivity index (χ2v) is 7.86. The third-order valence-corrected chi connectivity index (χ3v) is 5.82. The summed E-state index contributed by atoms with van der Waals surface area (Å²) in [4.78, 5) is 14.3. The minimum Gasteiger partial charge on any atom is -0.337 e. The Bertz CT molecular complexity index is 652. The number of hydrogen-bond acceptors (Lipinski definition) is 4. The average Bonchev–Trinajstić information content (AvgIpc) is 2.54. The maximum Gasteiger partial charge on any atom is 0.241 e. The van der Waals surface area contributed by atoms with Crippen LogP contribution < -0.4 is 10.5 Å². The van der Waals surface area contributed by atoms with Gasteiger partial charge in [-0.05, 0) is 50.5 Å². The fraction of sp³-hybridized carbons (Fsp3) is 0.533. The third-order valence-electron chi connectivity index (χ3n) is 4.01. The largest absolute Gasteiger partial charge is 0.337 e. The quantitative estimate of drug-likeness (QED) is 0.794. The number of halogens is 2. The minimum absolute atomic E-state index is 0. The van der Waals surface area contributed by atoms with E-state index in [2.05, 4.69) is 4.72 Å². The van der Waals surface area contributed by atoms with E-state index in [0.29, 0.717) is 18.1 Å². The fourth-order valence-corrected chi connectivity index (χ4v) is 4.07. The monoisotopic (exact) mass is 395 g/mol. The molecule has 0 radical (unpaired) electrons. The highest BCUT2D eigenvalue weighted by Gasteiger charge is 2.31. The molecule has 1 amide bonds. The molecule has 0 aliphatic carbocycles. The first-order valence-corrected chi connectivity index (χ1v) is 9.49. The zero-order valence-electron chi connectivity index (χ0n) is 13.4. The number of rotatable bonds is 5. The molecule has 1 aliphatic rings. The van der Waals surface area contributed by atoms with E-state index in [1.54, 1.807) is 11.8 Å². The lowest BCUT2D eigenvalue weighted by atomic mass is 10.0. The van der Waals surface area contributed by atoms with E-state index in [1.165, 1.54) is 24.3 Å². The van der Waals surface area contributed by atoms with Gasteiger partial charge in [0.15, 0.2) is 0 Å². The molecule has 1 aliphatic heterocycles. The Morgan fingerprint density at radius 2 is 2.00 bits per heavy atom. The van der Waals surface area contributed by atoms with Gasteiger partial charge < -0.3 is 10.6 Å². The lowest BCUT2D eigenvalue weighted by Gasteiger charge is -2.36. The van der Waals surface area contributed by atoms with Gasteiger partial charge in [-0.25, -0.2) is 8.42 Å². The standard InChI is InChI=1S/C15H22ClN3O3S.ClH/c1-11(15(20)19-9-3-2-4-13(19)10-17)18-23(21,22)14-7-5-12(16)6-8-14;/h5-8,11,13,18H,2-4,9-10,17H2,1H3;1H. The summed E-state index contributed by atoms with van der Waals surface area (Å²) in [6, 6.07) is 4.95. The van der Waals surface area contributed by atoms with Crippen molar-refractivity contribution in [2.45, 2.75) is 43.2 Å². The molecule has 24 heavy (non-hydrogen) atoms. The zero-order valence-corrected chi connectivity index (χ0v) is 15.8. The van der Waals surface area contributed by atoms with Gasteiger partial charge in [-0.3, -0.25) is 4.79 Å². The van der Waals surface area contributed by atoms with E-state index in [9.17, 15) is 13.2 Å². The van der Waals surface area contributed by atoms with Crippen molar-refractivity contribution in [2.24, 2.45) is 5.73 Å². The summed E-state index contributed by atoms with van der Waals surface area (Å²) in [7, 11) is -3.77. The highest BCUT2D eigenvalue weighted by molar-refractivity contribution is 7.89. The van der Waals surface area contributed by atoms with Gasteiger partial charge >= 0.3 is 0 Å². The van der Waals surface area contributed by atoms with Crippen molar-refractivity contribution in [3.8, 4) is 0 Å².